The second-order valence-corrected chi connectivity index (χ2v) is 5.41. The fraction of sp³-hybridized carbons (Fsp3) is 0.0588. The number of aromatic hydroxyl groups is 1. The molecule has 0 aliphatic carbocycles. The molecular weight excluding hydrogens is 360 g/mol. The summed E-state index contributed by atoms with van der Waals surface area (Å²) in [6.07, 6.45) is 2.97. The molecule has 0 bridgehead atoms. The number of amides is 1. The van der Waals surface area contributed by atoms with Crippen LogP contribution in [0.15, 0.2) is 64.7 Å². The standard InChI is InChI=1S/C17H15BrN2O3/c1-2-9-23-16-6-4-3-5-14(16)17(22)20-19-11-12-10-13(18)7-8-15(12)21/h2-8,10-11,21H,1,9H2,(H,20,22)/b19-11+. The summed E-state index contributed by atoms with van der Waals surface area (Å²) >= 11 is 3.30. The van der Waals surface area contributed by atoms with Crippen molar-refractivity contribution in [2.75, 3.05) is 6.61 Å². The Morgan fingerprint density at radius 1 is 1.35 bits per heavy atom. The largest absolute Gasteiger partial charge is 0.507 e. The monoisotopic (exact) mass is 374 g/mol. The Hall–Kier alpha value is -2.60. The summed E-state index contributed by atoms with van der Waals surface area (Å²) in [5.74, 6) is 0.113. The fourth-order valence-electron chi connectivity index (χ4n) is 1.78. The number of ether oxygens (including phenoxy) is 1. The lowest BCUT2D eigenvalue weighted by atomic mass is 10.2. The van der Waals surface area contributed by atoms with Gasteiger partial charge in [0.15, 0.2) is 0 Å². The maximum atomic E-state index is 12.2. The van der Waals surface area contributed by atoms with Gasteiger partial charge in [0.25, 0.3) is 5.91 Å². The summed E-state index contributed by atoms with van der Waals surface area (Å²) in [6, 6.07) is 11.8. The number of rotatable bonds is 6. The van der Waals surface area contributed by atoms with Crippen molar-refractivity contribution < 1.29 is 14.6 Å². The van der Waals surface area contributed by atoms with Gasteiger partial charge in [-0.15, -0.1) is 0 Å². The van der Waals surface area contributed by atoms with Crippen LogP contribution in [-0.2, 0) is 0 Å². The van der Waals surface area contributed by atoms with Gasteiger partial charge in [-0.05, 0) is 30.3 Å². The zero-order valence-electron chi connectivity index (χ0n) is 12.2. The first-order chi connectivity index (χ1) is 11.1. The molecule has 2 aromatic rings. The molecule has 2 rings (SSSR count). The number of halogens is 1. The zero-order valence-corrected chi connectivity index (χ0v) is 13.8. The third-order valence-corrected chi connectivity index (χ3v) is 3.34. The highest BCUT2D eigenvalue weighted by Gasteiger charge is 2.10. The Morgan fingerprint density at radius 3 is 2.91 bits per heavy atom. The van der Waals surface area contributed by atoms with Crippen molar-refractivity contribution in [1.29, 1.82) is 0 Å². The molecule has 1 amide bonds. The number of carbonyl (C=O) groups excluding carboxylic acids is 1. The number of phenols is 1. The smallest absolute Gasteiger partial charge is 0.275 e. The number of nitrogens with one attached hydrogen (secondary N) is 1. The predicted molar refractivity (Wildman–Crippen MR) is 93.0 cm³/mol. The Balaban J connectivity index is 2.09. The number of nitrogens with zero attached hydrogens (tertiary/aromatic N) is 1. The van der Waals surface area contributed by atoms with Crippen molar-refractivity contribution in [2.45, 2.75) is 0 Å². The topological polar surface area (TPSA) is 70.9 Å². The highest BCUT2D eigenvalue weighted by Crippen LogP contribution is 2.20. The van der Waals surface area contributed by atoms with E-state index in [0.29, 0.717) is 23.5 Å². The molecule has 6 heteroatoms. The Morgan fingerprint density at radius 2 is 2.13 bits per heavy atom. The van der Waals surface area contributed by atoms with E-state index in [-0.39, 0.29) is 5.75 Å². The number of hydrogen-bond acceptors (Lipinski definition) is 4. The van der Waals surface area contributed by atoms with Crippen LogP contribution in [-0.4, -0.2) is 23.8 Å². The van der Waals surface area contributed by atoms with Gasteiger partial charge in [-0.1, -0.05) is 40.7 Å². The van der Waals surface area contributed by atoms with Crippen molar-refractivity contribution in [3.8, 4) is 11.5 Å². The molecule has 0 aliphatic heterocycles. The summed E-state index contributed by atoms with van der Waals surface area (Å²) in [5.41, 5.74) is 3.26. The van der Waals surface area contributed by atoms with Gasteiger partial charge in [-0.25, -0.2) is 5.43 Å². The summed E-state index contributed by atoms with van der Waals surface area (Å²) in [7, 11) is 0. The number of benzene rings is 2. The van der Waals surface area contributed by atoms with E-state index < -0.39 is 5.91 Å². The van der Waals surface area contributed by atoms with E-state index in [4.69, 9.17) is 4.74 Å². The molecule has 0 heterocycles. The third-order valence-electron chi connectivity index (χ3n) is 2.85. The van der Waals surface area contributed by atoms with Crippen LogP contribution in [0.4, 0.5) is 0 Å². The predicted octanol–water partition coefficient (Wildman–Crippen LogP) is 3.48. The molecule has 0 radical (unpaired) electrons. The SMILES string of the molecule is C=CCOc1ccccc1C(=O)N/N=C/c1cc(Br)ccc1O. The molecule has 118 valence electrons. The first-order valence-corrected chi connectivity index (χ1v) is 7.55. The van der Waals surface area contributed by atoms with Crippen molar-refractivity contribution >= 4 is 28.1 Å². The van der Waals surface area contributed by atoms with Gasteiger partial charge < -0.3 is 9.84 Å². The molecule has 0 saturated heterocycles. The summed E-state index contributed by atoms with van der Waals surface area (Å²) < 4.78 is 6.23. The average Bonchev–Trinajstić information content (AvgIpc) is 2.56. The van der Waals surface area contributed by atoms with Gasteiger partial charge in [0.1, 0.15) is 18.1 Å². The van der Waals surface area contributed by atoms with E-state index in [1.54, 1.807) is 42.5 Å². The van der Waals surface area contributed by atoms with Crippen LogP contribution >= 0.6 is 15.9 Å². The molecule has 2 aromatic carbocycles. The molecule has 0 atom stereocenters. The van der Waals surface area contributed by atoms with E-state index in [1.165, 1.54) is 12.3 Å². The molecule has 0 saturated carbocycles. The van der Waals surface area contributed by atoms with E-state index >= 15 is 0 Å². The minimum absolute atomic E-state index is 0.0703. The molecule has 0 unspecified atom stereocenters. The second-order valence-electron chi connectivity index (χ2n) is 4.50. The van der Waals surface area contributed by atoms with E-state index in [9.17, 15) is 9.90 Å². The quantitative estimate of drug-likeness (QED) is 0.461. The number of carbonyl (C=O) groups is 1. The lowest BCUT2D eigenvalue weighted by Crippen LogP contribution is -2.18. The number of hydrazone groups is 1. The first kappa shape index (κ1) is 16.8. The molecule has 0 aliphatic rings. The van der Waals surface area contributed by atoms with Gasteiger partial charge >= 0.3 is 0 Å². The minimum Gasteiger partial charge on any atom is -0.507 e. The van der Waals surface area contributed by atoms with Crippen LogP contribution in [0.2, 0.25) is 0 Å². The minimum atomic E-state index is -0.407. The number of hydrogen-bond donors (Lipinski definition) is 2. The maximum Gasteiger partial charge on any atom is 0.275 e. The van der Waals surface area contributed by atoms with Crippen molar-refractivity contribution in [3.63, 3.8) is 0 Å². The highest BCUT2D eigenvalue weighted by molar-refractivity contribution is 9.10. The Labute approximate surface area is 142 Å². The molecule has 0 fully saturated rings. The van der Waals surface area contributed by atoms with Gasteiger partial charge in [0.05, 0.1) is 11.8 Å². The van der Waals surface area contributed by atoms with Crippen molar-refractivity contribution in [1.82, 2.24) is 5.43 Å². The van der Waals surface area contributed by atoms with Crippen LogP contribution in [0.5, 0.6) is 11.5 Å². The fourth-order valence-corrected chi connectivity index (χ4v) is 2.16. The molecular formula is C17H15BrN2O3. The normalized spacial score (nSPS) is 10.5. The van der Waals surface area contributed by atoms with Gasteiger partial charge in [-0.3, -0.25) is 4.79 Å². The van der Waals surface area contributed by atoms with Crippen LogP contribution in [0.25, 0.3) is 0 Å². The van der Waals surface area contributed by atoms with E-state index in [2.05, 4.69) is 33.0 Å². The number of para-hydroxylation sites is 1. The summed E-state index contributed by atoms with van der Waals surface area (Å²) in [4.78, 5) is 12.2. The van der Waals surface area contributed by atoms with Crippen LogP contribution in [0, 0.1) is 0 Å². The average molecular weight is 375 g/mol. The van der Waals surface area contributed by atoms with E-state index in [1.807, 2.05) is 0 Å². The maximum absolute atomic E-state index is 12.2. The Kier molecular flexibility index (Phi) is 5.94. The molecule has 5 nitrogen and oxygen atoms in total. The molecule has 2 N–H and O–H groups in total. The summed E-state index contributed by atoms with van der Waals surface area (Å²) in [6.45, 7) is 3.88. The van der Waals surface area contributed by atoms with Crippen LogP contribution in [0.3, 0.4) is 0 Å². The van der Waals surface area contributed by atoms with Gasteiger partial charge in [0, 0.05) is 10.0 Å². The highest BCUT2D eigenvalue weighted by atomic mass is 79.9. The first-order valence-electron chi connectivity index (χ1n) is 6.76. The van der Waals surface area contributed by atoms with Crippen LogP contribution < -0.4 is 10.2 Å². The van der Waals surface area contributed by atoms with Crippen molar-refractivity contribution in [3.05, 3.63) is 70.7 Å². The van der Waals surface area contributed by atoms with Crippen molar-refractivity contribution in [2.24, 2.45) is 5.10 Å². The zero-order chi connectivity index (χ0) is 16.7. The third kappa shape index (κ3) is 4.69. The Bertz CT molecular complexity index is 744. The lowest BCUT2D eigenvalue weighted by molar-refractivity contribution is 0.0951. The molecule has 0 spiro atoms. The van der Waals surface area contributed by atoms with Gasteiger partial charge in [-0.2, -0.15) is 5.10 Å². The van der Waals surface area contributed by atoms with Crippen LogP contribution in [0.1, 0.15) is 15.9 Å². The second kappa shape index (κ2) is 8.14. The molecule has 0 aromatic heterocycles. The van der Waals surface area contributed by atoms with E-state index in [0.717, 1.165) is 4.47 Å². The lowest BCUT2D eigenvalue weighted by Gasteiger charge is -2.08. The summed E-state index contributed by atoms with van der Waals surface area (Å²) in [5, 5.41) is 13.6. The van der Waals surface area contributed by atoms with Gasteiger partial charge in [0.2, 0.25) is 0 Å². The number of phenolic OH excluding ortho intramolecular Hbond substituents is 1. The molecule has 23 heavy (non-hydrogen) atoms.